The van der Waals surface area contributed by atoms with Crippen LogP contribution in [0, 0.1) is 0 Å². The van der Waals surface area contributed by atoms with E-state index in [-0.39, 0.29) is 24.0 Å². The molecule has 2 aromatic rings. The molecular weight excluding hydrogens is 441 g/mol. The van der Waals surface area contributed by atoms with Gasteiger partial charge in [-0.1, -0.05) is 17.7 Å². The molecule has 0 atom stereocenters. The van der Waals surface area contributed by atoms with Crippen molar-refractivity contribution in [2.45, 2.75) is 19.9 Å². The van der Waals surface area contributed by atoms with E-state index in [1.54, 1.807) is 13.4 Å². The molecular formula is C17H23ClIN3O2. The Labute approximate surface area is 164 Å². The highest BCUT2D eigenvalue weighted by atomic mass is 127. The number of halogens is 2. The van der Waals surface area contributed by atoms with Gasteiger partial charge in [0.25, 0.3) is 0 Å². The van der Waals surface area contributed by atoms with Crippen LogP contribution in [0.3, 0.4) is 0 Å². The molecule has 0 saturated heterocycles. The predicted molar refractivity (Wildman–Crippen MR) is 109 cm³/mol. The number of aliphatic imine (C=N–C) groups is 1. The summed E-state index contributed by atoms with van der Waals surface area (Å²) in [7, 11) is 1.63. The van der Waals surface area contributed by atoms with Gasteiger partial charge in [-0.2, -0.15) is 0 Å². The lowest BCUT2D eigenvalue weighted by Gasteiger charge is -2.12. The summed E-state index contributed by atoms with van der Waals surface area (Å²) in [4.78, 5) is 4.48. The molecule has 0 aliphatic heterocycles. The molecule has 132 valence electrons. The van der Waals surface area contributed by atoms with Gasteiger partial charge in [-0.25, -0.2) is 4.99 Å². The molecule has 7 heteroatoms. The first-order valence-electron chi connectivity index (χ1n) is 7.60. The molecule has 2 N–H and O–H groups in total. The van der Waals surface area contributed by atoms with Gasteiger partial charge in [0, 0.05) is 18.1 Å². The number of hydrogen-bond donors (Lipinski definition) is 2. The lowest BCUT2D eigenvalue weighted by molar-refractivity contribution is 0.414. The minimum atomic E-state index is 0. The number of furan rings is 1. The molecule has 0 unspecified atom stereocenters. The molecule has 0 aliphatic carbocycles. The summed E-state index contributed by atoms with van der Waals surface area (Å²) in [6.07, 6.45) is 2.45. The van der Waals surface area contributed by atoms with E-state index in [2.05, 4.69) is 15.6 Å². The topological polar surface area (TPSA) is 58.8 Å². The van der Waals surface area contributed by atoms with Crippen LogP contribution < -0.4 is 15.4 Å². The van der Waals surface area contributed by atoms with Gasteiger partial charge in [0.05, 0.1) is 13.4 Å². The molecule has 0 saturated carbocycles. The van der Waals surface area contributed by atoms with Crippen LogP contribution in [-0.2, 0) is 13.0 Å². The summed E-state index contributed by atoms with van der Waals surface area (Å²) in [6.45, 7) is 4.07. The van der Waals surface area contributed by atoms with Crippen molar-refractivity contribution in [3.05, 3.63) is 52.9 Å². The summed E-state index contributed by atoms with van der Waals surface area (Å²) in [5.41, 5.74) is 1.07. The van der Waals surface area contributed by atoms with Crippen LogP contribution >= 0.6 is 35.6 Å². The number of guanidine groups is 1. The van der Waals surface area contributed by atoms with Crippen molar-refractivity contribution < 1.29 is 9.15 Å². The second-order valence-electron chi connectivity index (χ2n) is 4.91. The summed E-state index contributed by atoms with van der Waals surface area (Å²) < 4.78 is 10.4. The monoisotopic (exact) mass is 463 g/mol. The van der Waals surface area contributed by atoms with E-state index < -0.39 is 0 Å². The number of nitrogens with one attached hydrogen (secondary N) is 2. The molecule has 5 nitrogen and oxygen atoms in total. The minimum Gasteiger partial charge on any atom is -0.497 e. The van der Waals surface area contributed by atoms with Gasteiger partial charge < -0.3 is 19.8 Å². The van der Waals surface area contributed by atoms with Gasteiger partial charge in [0.2, 0.25) is 0 Å². The number of rotatable bonds is 7. The number of methoxy groups -OCH3 is 1. The lowest BCUT2D eigenvalue weighted by atomic mass is 10.1. The normalized spacial score (nSPS) is 10.9. The van der Waals surface area contributed by atoms with E-state index in [4.69, 9.17) is 20.8 Å². The maximum Gasteiger partial charge on any atom is 0.191 e. The predicted octanol–water partition coefficient (Wildman–Crippen LogP) is 3.86. The first-order chi connectivity index (χ1) is 11.2. The SMILES string of the molecule is CCNC(=NCc1ccco1)NCCc1ccc(OC)cc1Cl.I. The molecule has 0 radical (unpaired) electrons. The maximum absolute atomic E-state index is 6.25. The van der Waals surface area contributed by atoms with Gasteiger partial charge in [0.15, 0.2) is 5.96 Å². The van der Waals surface area contributed by atoms with Crippen LogP contribution in [0.1, 0.15) is 18.2 Å². The van der Waals surface area contributed by atoms with Crippen molar-refractivity contribution in [3.63, 3.8) is 0 Å². The van der Waals surface area contributed by atoms with Crippen LogP contribution in [0.2, 0.25) is 5.02 Å². The minimum absolute atomic E-state index is 0. The zero-order chi connectivity index (χ0) is 16.5. The average Bonchev–Trinajstić information content (AvgIpc) is 3.07. The molecule has 0 amide bonds. The maximum atomic E-state index is 6.25. The highest BCUT2D eigenvalue weighted by Crippen LogP contribution is 2.22. The Morgan fingerprint density at radius 1 is 1.29 bits per heavy atom. The van der Waals surface area contributed by atoms with Crippen LogP contribution in [-0.4, -0.2) is 26.2 Å². The van der Waals surface area contributed by atoms with Crippen molar-refractivity contribution >= 4 is 41.5 Å². The van der Waals surface area contributed by atoms with Crippen molar-refractivity contribution in [1.29, 1.82) is 0 Å². The standard InChI is InChI=1S/C17H22ClN3O2.HI/c1-3-19-17(21-12-15-5-4-10-23-15)20-9-8-13-6-7-14(22-2)11-16(13)18;/h4-7,10-11H,3,8-9,12H2,1-2H3,(H2,19,20,21);1H. The Bertz CT molecular complexity index is 633. The Balaban J connectivity index is 0.00000288. The molecule has 0 spiro atoms. The fraction of sp³-hybridized carbons (Fsp3) is 0.353. The molecule has 0 aliphatic rings. The summed E-state index contributed by atoms with van der Waals surface area (Å²) >= 11 is 6.25. The van der Waals surface area contributed by atoms with Gasteiger partial charge in [-0.3, -0.25) is 0 Å². The van der Waals surface area contributed by atoms with E-state index in [9.17, 15) is 0 Å². The number of ether oxygens (including phenoxy) is 1. The summed E-state index contributed by atoms with van der Waals surface area (Å²) in [5, 5.41) is 7.21. The molecule has 1 heterocycles. The Kier molecular flexibility index (Phi) is 9.63. The van der Waals surface area contributed by atoms with E-state index >= 15 is 0 Å². The smallest absolute Gasteiger partial charge is 0.191 e. The Morgan fingerprint density at radius 2 is 2.12 bits per heavy atom. The lowest BCUT2D eigenvalue weighted by Crippen LogP contribution is -2.38. The van der Waals surface area contributed by atoms with E-state index in [0.717, 1.165) is 42.5 Å². The van der Waals surface area contributed by atoms with Gasteiger partial charge in [-0.05, 0) is 43.2 Å². The molecule has 1 aromatic heterocycles. The zero-order valence-corrected chi connectivity index (χ0v) is 16.9. The Morgan fingerprint density at radius 3 is 2.75 bits per heavy atom. The van der Waals surface area contributed by atoms with Crippen molar-refractivity contribution in [2.24, 2.45) is 4.99 Å². The van der Waals surface area contributed by atoms with Gasteiger partial charge in [-0.15, -0.1) is 24.0 Å². The third kappa shape index (κ3) is 6.60. The van der Waals surface area contributed by atoms with Crippen LogP contribution in [0.25, 0.3) is 0 Å². The van der Waals surface area contributed by atoms with E-state index in [1.807, 2.05) is 37.3 Å². The summed E-state index contributed by atoms with van der Waals surface area (Å²) in [6, 6.07) is 9.49. The highest BCUT2D eigenvalue weighted by Gasteiger charge is 2.04. The third-order valence-corrected chi connectivity index (χ3v) is 3.62. The van der Waals surface area contributed by atoms with E-state index in [1.165, 1.54) is 0 Å². The fourth-order valence-electron chi connectivity index (χ4n) is 2.07. The van der Waals surface area contributed by atoms with E-state index in [0.29, 0.717) is 11.6 Å². The number of nitrogens with zero attached hydrogens (tertiary/aromatic N) is 1. The second kappa shape index (κ2) is 11.2. The fourth-order valence-corrected chi connectivity index (χ4v) is 2.34. The Hall–Kier alpha value is -1.41. The average molecular weight is 464 g/mol. The van der Waals surface area contributed by atoms with Crippen molar-refractivity contribution in [2.75, 3.05) is 20.2 Å². The highest BCUT2D eigenvalue weighted by molar-refractivity contribution is 14.0. The van der Waals surface area contributed by atoms with Crippen molar-refractivity contribution in [3.8, 4) is 5.75 Å². The zero-order valence-electron chi connectivity index (χ0n) is 13.8. The molecule has 24 heavy (non-hydrogen) atoms. The largest absolute Gasteiger partial charge is 0.497 e. The number of benzene rings is 1. The van der Waals surface area contributed by atoms with Crippen LogP contribution in [0.5, 0.6) is 5.75 Å². The molecule has 1 aromatic carbocycles. The molecule has 0 bridgehead atoms. The van der Waals surface area contributed by atoms with Crippen LogP contribution in [0.15, 0.2) is 46.0 Å². The quantitative estimate of drug-likeness (QED) is 0.372. The third-order valence-electron chi connectivity index (χ3n) is 3.26. The van der Waals surface area contributed by atoms with Crippen molar-refractivity contribution in [1.82, 2.24) is 10.6 Å². The first-order valence-corrected chi connectivity index (χ1v) is 7.97. The molecule has 2 rings (SSSR count). The van der Waals surface area contributed by atoms with Gasteiger partial charge >= 0.3 is 0 Å². The number of hydrogen-bond acceptors (Lipinski definition) is 3. The molecule has 0 fully saturated rings. The van der Waals surface area contributed by atoms with Gasteiger partial charge in [0.1, 0.15) is 18.1 Å². The summed E-state index contributed by atoms with van der Waals surface area (Å²) in [5.74, 6) is 2.36. The second-order valence-corrected chi connectivity index (χ2v) is 5.32. The first kappa shape index (κ1) is 20.6. The van der Waals surface area contributed by atoms with Crippen LogP contribution in [0.4, 0.5) is 0 Å².